The fourth-order valence-corrected chi connectivity index (χ4v) is 3.46. The van der Waals surface area contributed by atoms with Gasteiger partial charge >= 0.3 is 0 Å². The third kappa shape index (κ3) is 7.91. The number of likely N-dealkylation sites (N-methyl/N-ethyl adjacent to an activating group) is 1. The quantitative estimate of drug-likeness (QED) is 0.334. The Morgan fingerprint density at radius 3 is 2.74 bits per heavy atom. The zero-order valence-electron chi connectivity index (χ0n) is 17.1. The highest BCUT2D eigenvalue weighted by Gasteiger charge is 2.22. The van der Waals surface area contributed by atoms with Crippen molar-refractivity contribution in [3.63, 3.8) is 0 Å². The van der Waals surface area contributed by atoms with Crippen LogP contribution in [-0.4, -0.2) is 62.1 Å². The Balaban J connectivity index is 0.00000364. The van der Waals surface area contributed by atoms with Gasteiger partial charge in [-0.2, -0.15) is 0 Å². The third-order valence-corrected chi connectivity index (χ3v) is 4.77. The molecule has 0 spiro atoms. The van der Waals surface area contributed by atoms with E-state index >= 15 is 0 Å². The molecule has 1 aliphatic heterocycles. The van der Waals surface area contributed by atoms with E-state index in [9.17, 15) is 4.39 Å². The van der Waals surface area contributed by atoms with Crippen molar-refractivity contribution in [3.05, 3.63) is 35.1 Å². The Hall–Kier alpha value is -0.930. The van der Waals surface area contributed by atoms with E-state index in [-0.39, 0.29) is 29.8 Å². The second kappa shape index (κ2) is 12.5. The maximum atomic E-state index is 13.9. The molecular weight excluding hydrogens is 456 g/mol. The van der Waals surface area contributed by atoms with E-state index in [1.807, 2.05) is 31.1 Å². The van der Waals surface area contributed by atoms with Crippen LogP contribution >= 0.6 is 24.0 Å². The number of nitrogens with zero attached hydrogens (tertiary/aromatic N) is 3. The maximum absolute atomic E-state index is 13.9. The number of benzene rings is 1. The monoisotopic (exact) mass is 491 g/mol. The van der Waals surface area contributed by atoms with Crippen LogP contribution < -0.4 is 10.6 Å². The first kappa shape index (κ1) is 24.1. The molecule has 154 valence electrons. The highest BCUT2D eigenvalue weighted by molar-refractivity contribution is 14.0. The number of halogens is 2. The van der Waals surface area contributed by atoms with E-state index < -0.39 is 0 Å². The van der Waals surface area contributed by atoms with Crippen molar-refractivity contribution in [2.24, 2.45) is 4.99 Å². The van der Waals surface area contributed by atoms with Crippen LogP contribution in [-0.2, 0) is 13.1 Å². The van der Waals surface area contributed by atoms with Crippen LogP contribution in [0, 0.1) is 5.82 Å². The summed E-state index contributed by atoms with van der Waals surface area (Å²) in [6.45, 7) is 9.45. The van der Waals surface area contributed by atoms with Gasteiger partial charge in [0.25, 0.3) is 0 Å². The molecule has 0 saturated carbocycles. The Morgan fingerprint density at radius 2 is 2.07 bits per heavy atom. The Morgan fingerprint density at radius 1 is 1.30 bits per heavy atom. The standard InChI is InChI=1S/C20H34FN5.HI/c1-5-22-20(24-14-18-8-7-11-26(18)6-2)23-13-16-9-10-19(21)17(12-16)15-25(3)4;/h9-10,12,18H,5-8,11,13-15H2,1-4H3,(H2,22,23,24);1H. The number of hydrogen-bond donors (Lipinski definition) is 2. The van der Waals surface area contributed by atoms with Gasteiger partial charge in [0.15, 0.2) is 5.96 Å². The van der Waals surface area contributed by atoms with Gasteiger partial charge in [-0.3, -0.25) is 4.90 Å². The van der Waals surface area contributed by atoms with E-state index in [1.165, 1.54) is 19.4 Å². The molecule has 1 aliphatic rings. The highest BCUT2D eigenvalue weighted by Crippen LogP contribution is 2.16. The Kier molecular flexibility index (Phi) is 11.2. The summed E-state index contributed by atoms with van der Waals surface area (Å²) < 4.78 is 13.9. The molecule has 0 amide bonds. The van der Waals surface area contributed by atoms with E-state index in [1.54, 1.807) is 6.07 Å². The zero-order valence-corrected chi connectivity index (χ0v) is 19.4. The number of nitrogens with one attached hydrogen (secondary N) is 2. The van der Waals surface area contributed by atoms with E-state index in [2.05, 4.69) is 34.4 Å². The van der Waals surface area contributed by atoms with Gasteiger partial charge in [0, 0.05) is 31.2 Å². The number of hydrogen-bond acceptors (Lipinski definition) is 3. The summed E-state index contributed by atoms with van der Waals surface area (Å²) in [5.74, 6) is 0.672. The molecular formula is C20H35FIN5. The smallest absolute Gasteiger partial charge is 0.191 e. The molecule has 1 aromatic carbocycles. The molecule has 1 unspecified atom stereocenters. The van der Waals surface area contributed by atoms with Crippen molar-refractivity contribution in [1.82, 2.24) is 20.4 Å². The summed E-state index contributed by atoms with van der Waals surface area (Å²) in [5, 5.41) is 6.78. The van der Waals surface area contributed by atoms with Crippen molar-refractivity contribution in [1.29, 1.82) is 0 Å². The highest BCUT2D eigenvalue weighted by atomic mass is 127. The van der Waals surface area contributed by atoms with Gasteiger partial charge in [-0.25, -0.2) is 9.38 Å². The van der Waals surface area contributed by atoms with Crippen molar-refractivity contribution >= 4 is 29.9 Å². The van der Waals surface area contributed by atoms with E-state index in [0.717, 1.165) is 31.2 Å². The van der Waals surface area contributed by atoms with E-state index in [0.29, 0.717) is 24.7 Å². The normalized spacial score (nSPS) is 17.9. The first-order chi connectivity index (χ1) is 12.5. The topological polar surface area (TPSA) is 42.9 Å². The molecule has 0 aliphatic carbocycles. The van der Waals surface area contributed by atoms with Crippen LogP contribution in [0.1, 0.15) is 37.8 Å². The van der Waals surface area contributed by atoms with Crippen LogP contribution in [0.25, 0.3) is 0 Å². The van der Waals surface area contributed by atoms with Crippen molar-refractivity contribution < 1.29 is 4.39 Å². The molecule has 0 aromatic heterocycles. The zero-order chi connectivity index (χ0) is 18.9. The first-order valence-electron chi connectivity index (χ1n) is 9.71. The number of likely N-dealkylation sites (tertiary alicyclic amines) is 1. The molecule has 1 aromatic rings. The second-order valence-electron chi connectivity index (χ2n) is 7.16. The molecule has 0 radical (unpaired) electrons. The van der Waals surface area contributed by atoms with Gasteiger partial charge in [-0.05, 0) is 64.6 Å². The van der Waals surface area contributed by atoms with E-state index in [4.69, 9.17) is 0 Å². The lowest BCUT2D eigenvalue weighted by atomic mass is 10.1. The van der Waals surface area contributed by atoms with Crippen molar-refractivity contribution in [2.45, 2.75) is 45.8 Å². The Labute approximate surface area is 180 Å². The van der Waals surface area contributed by atoms with Gasteiger partial charge < -0.3 is 15.5 Å². The van der Waals surface area contributed by atoms with Crippen molar-refractivity contribution in [2.75, 3.05) is 40.3 Å². The molecule has 7 heteroatoms. The second-order valence-corrected chi connectivity index (χ2v) is 7.16. The molecule has 1 fully saturated rings. The SMILES string of the molecule is CCNC(=NCc1ccc(F)c(CN(C)C)c1)NCC1CCCN1CC.I. The molecule has 0 bridgehead atoms. The summed E-state index contributed by atoms with van der Waals surface area (Å²) in [7, 11) is 3.89. The lowest BCUT2D eigenvalue weighted by molar-refractivity contribution is 0.267. The lowest BCUT2D eigenvalue weighted by Crippen LogP contribution is -2.44. The van der Waals surface area contributed by atoms with Gasteiger partial charge in [-0.1, -0.05) is 13.0 Å². The molecule has 2 rings (SSSR count). The van der Waals surface area contributed by atoms with Gasteiger partial charge in [0.05, 0.1) is 6.54 Å². The van der Waals surface area contributed by atoms with Crippen molar-refractivity contribution in [3.8, 4) is 0 Å². The van der Waals surface area contributed by atoms with Gasteiger partial charge in [-0.15, -0.1) is 24.0 Å². The van der Waals surface area contributed by atoms with Crippen LogP contribution in [0.15, 0.2) is 23.2 Å². The molecule has 1 atom stereocenters. The summed E-state index contributed by atoms with van der Waals surface area (Å²) in [6.07, 6.45) is 2.52. The maximum Gasteiger partial charge on any atom is 0.191 e. The van der Waals surface area contributed by atoms with Crippen LogP contribution in [0.5, 0.6) is 0 Å². The van der Waals surface area contributed by atoms with Crippen LogP contribution in [0.3, 0.4) is 0 Å². The van der Waals surface area contributed by atoms with Gasteiger partial charge in [0.1, 0.15) is 5.82 Å². The summed E-state index contributed by atoms with van der Waals surface area (Å²) in [4.78, 5) is 9.17. The molecule has 1 heterocycles. The first-order valence-corrected chi connectivity index (χ1v) is 9.71. The van der Waals surface area contributed by atoms with Gasteiger partial charge in [0.2, 0.25) is 0 Å². The number of guanidine groups is 1. The minimum atomic E-state index is -0.155. The predicted octanol–water partition coefficient (Wildman–Crippen LogP) is 3.04. The third-order valence-electron chi connectivity index (χ3n) is 4.77. The summed E-state index contributed by atoms with van der Waals surface area (Å²) in [6, 6.07) is 5.86. The summed E-state index contributed by atoms with van der Waals surface area (Å²) >= 11 is 0. The fraction of sp³-hybridized carbons (Fsp3) is 0.650. The minimum absolute atomic E-state index is 0. The molecule has 27 heavy (non-hydrogen) atoms. The Bertz CT molecular complexity index is 594. The molecule has 1 saturated heterocycles. The fourth-order valence-electron chi connectivity index (χ4n) is 3.46. The largest absolute Gasteiger partial charge is 0.357 e. The lowest BCUT2D eigenvalue weighted by Gasteiger charge is -2.24. The number of rotatable bonds is 8. The minimum Gasteiger partial charge on any atom is -0.357 e. The average molecular weight is 491 g/mol. The predicted molar refractivity (Wildman–Crippen MR) is 122 cm³/mol. The number of aliphatic imine (C=N–C) groups is 1. The average Bonchev–Trinajstić information content (AvgIpc) is 3.07. The molecule has 2 N–H and O–H groups in total. The molecule has 5 nitrogen and oxygen atoms in total. The summed E-state index contributed by atoms with van der Waals surface area (Å²) in [5.41, 5.74) is 1.74. The van der Waals surface area contributed by atoms with Crippen LogP contribution in [0.2, 0.25) is 0 Å². The van der Waals surface area contributed by atoms with Crippen LogP contribution in [0.4, 0.5) is 4.39 Å².